The summed E-state index contributed by atoms with van der Waals surface area (Å²) in [5.74, 6) is 2.98. The van der Waals surface area contributed by atoms with E-state index in [1.54, 1.807) is 9.13 Å². The van der Waals surface area contributed by atoms with Crippen molar-refractivity contribution in [2.45, 2.75) is 79.1 Å². The average Bonchev–Trinajstić information content (AvgIpc) is 4.28. The number of para-hydroxylation sites is 4. The van der Waals surface area contributed by atoms with E-state index in [-0.39, 0.29) is 11.1 Å². The number of H-pyrrole nitrogens is 1. The lowest BCUT2D eigenvalue weighted by Gasteiger charge is -2.15. The number of aromatic amines is 1. The molecule has 0 radical (unpaired) electrons. The van der Waals surface area contributed by atoms with Gasteiger partial charge in [0.05, 0.1) is 45.1 Å². The van der Waals surface area contributed by atoms with Crippen molar-refractivity contribution >= 4 is 22.1 Å². The van der Waals surface area contributed by atoms with Gasteiger partial charge in [-0.05, 0) is 108 Å². The van der Waals surface area contributed by atoms with Crippen LogP contribution in [0.4, 0.5) is 0 Å². The standard InChI is InChI=1S/C31H30N8O.C31H29N5O/c1-4-5-12-26-25(30(40)39(20(2)32-26)31-33-27-13-8-9-14-28(27)38(31)3)19-21-15-17-22(18-16-21)23-10-6-7-11-24(23)29-34-36-37-35-29;1-4-5-12-27-26(19-22-15-17-23(18-16-22)25-11-7-6-10-24(25)20-32)30(37)36(21(2)33-27)31-34-28-13-8-9-14-29(28)35(31)3/h6-11,13-18H,4-5,12,19H2,1-3H3,(H,34,35,36,37);6-11,13-18H,4-5,12,19H2,1-3H3. The highest BCUT2D eigenvalue weighted by atomic mass is 16.1. The van der Waals surface area contributed by atoms with Crippen molar-refractivity contribution in [3.63, 3.8) is 0 Å². The lowest BCUT2D eigenvalue weighted by Crippen LogP contribution is -2.30. The van der Waals surface area contributed by atoms with Crippen LogP contribution in [0.25, 0.3) is 67.6 Å². The fourth-order valence-electron chi connectivity index (χ4n) is 10.1. The van der Waals surface area contributed by atoms with E-state index in [1.807, 2.05) is 158 Å². The lowest BCUT2D eigenvalue weighted by molar-refractivity contribution is 0.709. The minimum absolute atomic E-state index is 0.0662. The summed E-state index contributed by atoms with van der Waals surface area (Å²) >= 11 is 0. The predicted octanol–water partition coefficient (Wildman–Crippen LogP) is 11.1. The first kappa shape index (κ1) is 51.1. The van der Waals surface area contributed by atoms with Crippen LogP contribution in [0.15, 0.2) is 155 Å². The molecule has 0 aliphatic heterocycles. The van der Waals surface area contributed by atoms with E-state index >= 15 is 0 Å². The minimum atomic E-state index is -0.0732. The fraction of sp³-hybridized carbons (Fsp3) is 0.226. The van der Waals surface area contributed by atoms with E-state index in [4.69, 9.17) is 19.9 Å². The first-order valence-electron chi connectivity index (χ1n) is 26.1. The topological polar surface area (TPSA) is 184 Å². The minimum Gasteiger partial charge on any atom is -0.313 e. The van der Waals surface area contributed by atoms with Crippen LogP contribution in [0.3, 0.4) is 0 Å². The maximum absolute atomic E-state index is 14.1. The van der Waals surface area contributed by atoms with Crippen LogP contribution >= 0.6 is 0 Å². The molecular formula is C62H59N13O2. The molecule has 11 rings (SSSR count). The van der Waals surface area contributed by atoms with Gasteiger partial charge < -0.3 is 9.13 Å². The number of nitrogens with one attached hydrogen (secondary N) is 1. The van der Waals surface area contributed by atoms with E-state index < -0.39 is 0 Å². The maximum atomic E-state index is 14.1. The number of tetrazole rings is 1. The van der Waals surface area contributed by atoms with Gasteiger partial charge in [0.2, 0.25) is 17.7 Å². The Morgan fingerprint density at radius 1 is 0.532 bits per heavy atom. The third-order valence-corrected chi connectivity index (χ3v) is 14.2. The van der Waals surface area contributed by atoms with Crippen LogP contribution in [0, 0.1) is 25.2 Å². The van der Waals surface area contributed by atoms with Gasteiger partial charge >= 0.3 is 0 Å². The Bertz CT molecular complexity index is 4070. The number of hydrogen-bond donors (Lipinski definition) is 1. The molecule has 0 spiro atoms. The van der Waals surface area contributed by atoms with Crippen LogP contribution in [-0.2, 0) is 39.8 Å². The van der Waals surface area contributed by atoms with Gasteiger partial charge in [0.15, 0.2) is 0 Å². The molecule has 0 aliphatic rings. The van der Waals surface area contributed by atoms with Gasteiger partial charge in [-0.25, -0.2) is 29.1 Å². The van der Waals surface area contributed by atoms with Gasteiger partial charge in [0, 0.05) is 43.6 Å². The summed E-state index contributed by atoms with van der Waals surface area (Å²) in [6.45, 7) is 8.06. The Balaban J connectivity index is 0.000000175. The Labute approximate surface area is 446 Å². The van der Waals surface area contributed by atoms with E-state index in [0.29, 0.717) is 58.9 Å². The number of fused-ring (bicyclic) bond motifs is 2. The van der Waals surface area contributed by atoms with Crippen LogP contribution < -0.4 is 11.1 Å². The molecule has 0 amide bonds. The molecule has 0 fully saturated rings. The molecule has 0 saturated heterocycles. The van der Waals surface area contributed by atoms with E-state index in [2.05, 4.69) is 64.8 Å². The molecule has 384 valence electrons. The second-order valence-corrected chi connectivity index (χ2v) is 19.3. The Morgan fingerprint density at radius 3 is 1.43 bits per heavy atom. The number of aromatic nitrogens is 12. The van der Waals surface area contributed by atoms with Crippen molar-refractivity contribution in [2.24, 2.45) is 14.1 Å². The molecule has 11 aromatic rings. The lowest BCUT2D eigenvalue weighted by atomic mass is 9.96. The quantitative estimate of drug-likeness (QED) is 0.104. The smallest absolute Gasteiger partial charge is 0.264 e. The third-order valence-electron chi connectivity index (χ3n) is 14.2. The summed E-state index contributed by atoms with van der Waals surface area (Å²) in [6.07, 6.45) is 6.50. The molecule has 77 heavy (non-hydrogen) atoms. The molecule has 0 atom stereocenters. The SMILES string of the molecule is CCCCc1nc(C)n(-c2nc3ccccc3n2C)c(=O)c1Cc1ccc(-c2ccccc2-c2nn[nH]n2)cc1.CCCCc1nc(C)n(-c2nc3ccccc3n2C)c(=O)c1Cc1ccc(-c2ccccc2C#N)cc1. The van der Waals surface area contributed by atoms with Crippen LogP contribution in [-0.4, -0.2) is 58.8 Å². The summed E-state index contributed by atoms with van der Waals surface area (Å²) in [5.41, 5.74) is 14.2. The molecule has 1 N–H and O–H groups in total. The molecule has 0 saturated carbocycles. The van der Waals surface area contributed by atoms with Crippen molar-refractivity contribution in [1.29, 1.82) is 5.26 Å². The summed E-state index contributed by atoms with van der Waals surface area (Å²) < 4.78 is 7.20. The third kappa shape index (κ3) is 10.4. The molecule has 0 unspecified atom stereocenters. The second kappa shape index (κ2) is 22.6. The molecule has 5 heterocycles. The number of imidazole rings is 2. The van der Waals surface area contributed by atoms with E-state index in [0.717, 1.165) is 111 Å². The molecular weight excluding hydrogens is 959 g/mol. The zero-order valence-corrected chi connectivity index (χ0v) is 44.2. The van der Waals surface area contributed by atoms with Gasteiger partial charge in [-0.15, -0.1) is 10.2 Å². The number of rotatable bonds is 15. The number of unbranched alkanes of at least 4 members (excludes halogenated alkanes) is 2. The number of nitrogens with zero attached hydrogens (tertiary/aromatic N) is 12. The maximum Gasteiger partial charge on any atom is 0.264 e. The van der Waals surface area contributed by atoms with Gasteiger partial charge in [0.25, 0.3) is 11.1 Å². The number of nitriles is 1. The van der Waals surface area contributed by atoms with Gasteiger partial charge in [-0.3, -0.25) is 9.59 Å². The average molecular weight is 1020 g/mol. The van der Waals surface area contributed by atoms with Crippen LogP contribution in [0.5, 0.6) is 0 Å². The van der Waals surface area contributed by atoms with Gasteiger partial charge in [0.1, 0.15) is 11.6 Å². The zero-order chi connectivity index (χ0) is 53.6. The van der Waals surface area contributed by atoms with Crippen LogP contribution in [0.2, 0.25) is 0 Å². The highest BCUT2D eigenvalue weighted by Gasteiger charge is 2.22. The second-order valence-electron chi connectivity index (χ2n) is 19.3. The number of hydrogen-bond acceptors (Lipinski definition) is 10. The summed E-state index contributed by atoms with van der Waals surface area (Å²) in [5, 5.41) is 24.0. The largest absolute Gasteiger partial charge is 0.313 e. The zero-order valence-electron chi connectivity index (χ0n) is 44.2. The molecule has 0 bridgehead atoms. The first-order valence-corrected chi connectivity index (χ1v) is 26.1. The summed E-state index contributed by atoms with van der Waals surface area (Å²) in [7, 11) is 3.87. The van der Waals surface area contributed by atoms with Crippen molar-refractivity contribution < 1.29 is 0 Å². The summed E-state index contributed by atoms with van der Waals surface area (Å²) in [4.78, 5) is 47.5. The monoisotopic (exact) mass is 1020 g/mol. The first-order chi connectivity index (χ1) is 37.6. The van der Waals surface area contributed by atoms with Gasteiger partial charge in [-0.2, -0.15) is 10.5 Å². The van der Waals surface area contributed by atoms with Crippen molar-refractivity contribution in [2.75, 3.05) is 0 Å². The number of aryl methyl sites for hydroxylation is 6. The van der Waals surface area contributed by atoms with Crippen molar-refractivity contribution in [3.05, 3.63) is 217 Å². The Morgan fingerprint density at radius 2 is 0.974 bits per heavy atom. The highest BCUT2D eigenvalue weighted by molar-refractivity contribution is 5.81. The fourth-order valence-corrected chi connectivity index (χ4v) is 10.1. The molecule has 15 heteroatoms. The Kier molecular flexibility index (Phi) is 15.0. The molecule has 6 aromatic carbocycles. The highest BCUT2D eigenvalue weighted by Crippen LogP contribution is 2.31. The normalized spacial score (nSPS) is 11.2. The van der Waals surface area contributed by atoms with E-state index in [9.17, 15) is 14.9 Å². The van der Waals surface area contributed by atoms with Crippen molar-refractivity contribution in [3.8, 4) is 51.6 Å². The number of benzene rings is 6. The molecule has 5 aromatic heterocycles. The predicted molar refractivity (Wildman–Crippen MR) is 302 cm³/mol. The van der Waals surface area contributed by atoms with E-state index in [1.165, 1.54) is 0 Å². The molecule has 0 aliphatic carbocycles. The van der Waals surface area contributed by atoms with Crippen molar-refractivity contribution in [1.82, 2.24) is 58.8 Å². The summed E-state index contributed by atoms with van der Waals surface area (Å²) in [6, 6.07) is 50.0. The molecule has 15 nitrogen and oxygen atoms in total. The van der Waals surface area contributed by atoms with Crippen LogP contribution in [0.1, 0.15) is 90.4 Å². The Hall–Kier alpha value is -9.42. The van der Waals surface area contributed by atoms with Gasteiger partial charge in [-0.1, -0.05) is 142 Å².